The molecule has 0 spiro atoms. The molecule has 0 aliphatic heterocycles. The van der Waals surface area contributed by atoms with Crippen molar-refractivity contribution >= 4 is 5.91 Å². The molecule has 0 heterocycles. The van der Waals surface area contributed by atoms with Crippen molar-refractivity contribution < 1.29 is 14.3 Å². The Bertz CT molecular complexity index is 501. The molecule has 4 nitrogen and oxygen atoms in total. The minimum atomic E-state index is -0.248. The second-order valence-electron chi connectivity index (χ2n) is 6.05. The van der Waals surface area contributed by atoms with E-state index in [1.54, 1.807) is 13.0 Å². The number of nitrogens with one attached hydrogen (secondary N) is 1. The number of rotatable bonds is 6. The average Bonchev–Trinajstić information content (AvgIpc) is 2.38. The van der Waals surface area contributed by atoms with Crippen LogP contribution in [0, 0.1) is 18.7 Å². The summed E-state index contributed by atoms with van der Waals surface area (Å²) in [5, 5.41) is 12.0. The number of halogens is 1. The van der Waals surface area contributed by atoms with E-state index in [4.69, 9.17) is 0 Å². The van der Waals surface area contributed by atoms with Crippen molar-refractivity contribution in [3.05, 3.63) is 35.1 Å². The fourth-order valence-corrected chi connectivity index (χ4v) is 2.60. The van der Waals surface area contributed by atoms with E-state index in [1.165, 1.54) is 6.07 Å². The molecule has 2 N–H and O–H groups in total. The zero-order valence-electron chi connectivity index (χ0n) is 12.6. The number of aryl methyl sites for hydroxylation is 1. The van der Waals surface area contributed by atoms with Gasteiger partial charge in [-0.3, -0.25) is 9.69 Å². The highest BCUT2D eigenvalue weighted by molar-refractivity contribution is 5.77. The summed E-state index contributed by atoms with van der Waals surface area (Å²) in [6, 6.07) is 4.98. The zero-order chi connectivity index (χ0) is 15.4. The SMILES string of the molecule is Cc1ccc(CNC(=O)CN(C)CC2CC(O)C2)cc1F. The Morgan fingerprint density at radius 3 is 2.81 bits per heavy atom. The van der Waals surface area contributed by atoms with E-state index in [0.717, 1.165) is 24.9 Å². The summed E-state index contributed by atoms with van der Waals surface area (Å²) in [6.07, 6.45) is 1.50. The maximum atomic E-state index is 13.4. The molecule has 2 rings (SSSR count). The Morgan fingerprint density at radius 2 is 2.19 bits per heavy atom. The maximum absolute atomic E-state index is 13.4. The first-order valence-corrected chi connectivity index (χ1v) is 7.32. The smallest absolute Gasteiger partial charge is 0.234 e. The van der Waals surface area contributed by atoms with Gasteiger partial charge in [-0.05, 0) is 49.9 Å². The topological polar surface area (TPSA) is 52.6 Å². The molecule has 1 aliphatic carbocycles. The third-order valence-corrected chi connectivity index (χ3v) is 3.92. The first-order valence-electron chi connectivity index (χ1n) is 7.32. The predicted octanol–water partition coefficient (Wildman–Crippen LogP) is 1.45. The van der Waals surface area contributed by atoms with Crippen LogP contribution in [0.2, 0.25) is 0 Å². The van der Waals surface area contributed by atoms with Gasteiger partial charge in [0.25, 0.3) is 0 Å². The lowest BCUT2D eigenvalue weighted by molar-refractivity contribution is -0.122. The van der Waals surface area contributed by atoms with Crippen molar-refractivity contribution in [3.63, 3.8) is 0 Å². The zero-order valence-corrected chi connectivity index (χ0v) is 12.6. The molecule has 1 saturated carbocycles. The Morgan fingerprint density at radius 1 is 1.48 bits per heavy atom. The fraction of sp³-hybridized carbons (Fsp3) is 0.562. The lowest BCUT2D eigenvalue weighted by Crippen LogP contribution is -2.41. The molecule has 0 saturated heterocycles. The summed E-state index contributed by atoms with van der Waals surface area (Å²) in [7, 11) is 1.90. The molecule has 0 unspecified atom stereocenters. The monoisotopic (exact) mass is 294 g/mol. The summed E-state index contributed by atoms with van der Waals surface area (Å²) in [6.45, 7) is 3.20. The molecule has 1 aliphatic rings. The number of aliphatic hydroxyl groups excluding tert-OH is 1. The third kappa shape index (κ3) is 4.79. The van der Waals surface area contributed by atoms with Crippen molar-refractivity contribution in [2.75, 3.05) is 20.1 Å². The van der Waals surface area contributed by atoms with Crippen LogP contribution in [0.5, 0.6) is 0 Å². The average molecular weight is 294 g/mol. The fourth-order valence-electron chi connectivity index (χ4n) is 2.60. The highest BCUT2D eigenvalue weighted by atomic mass is 19.1. The highest BCUT2D eigenvalue weighted by Crippen LogP contribution is 2.27. The van der Waals surface area contributed by atoms with Gasteiger partial charge in [-0.1, -0.05) is 12.1 Å². The van der Waals surface area contributed by atoms with Crippen LogP contribution in [-0.4, -0.2) is 42.2 Å². The number of hydrogen-bond donors (Lipinski definition) is 2. The Kier molecular flexibility index (Phi) is 5.31. The maximum Gasteiger partial charge on any atom is 0.234 e. The number of hydrogen-bond acceptors (Lipinski definition) is 3. The first kappa shape index (κ1) is 15.9. The van der Waals surface area contributed by atoms with Gasteiger partial charge in [-0.25, -0.2) is 4.39 Å². The van der Waals surface area contributed by atoms with Gasteiger partial charge in [-0.15, -0.1) is 0 Å². The molecule has 1 amide bonds. The van der Waals surface area contributed by atoms with E-state index in [1.807, 2.05) is 18.0 Å². The Hall–Kier alpha value is -1.46. The number of benzene rings is 1. The van der Waals surface area contributed by atoms with Crippen LogP contribution in [0.25, 0.3) is 0 Å². The summed E-state index contributed by atoms with van der Waals surface area (Å²) < 4.78 is 13.4. The van der Waals surface area contributed by atoms with Gasteiger partial charge in [0.15, 0.2) is 0 Å². The number of carbonyl (C=O) groups is 1. The molecular formula is C16H23FN2O2. The minimum Gasteiger partial charge on any atom is -0.393 e. The van der Waals surface area contributed by atoms with E-state index < -0.39 is 0 Å². The number of nitrogens with zero attached hydrogens (tertiary/aromatic N) is 1. The van der Waals surface area contributed by atoms with E-state index in [2.05, 4.69) is 5.32 Å². The minimum absolute atomic E-state index is 0.0710. The molecule has 0 aromatic heterocycles. The largest absolute Gasteiger partial charge is 0.393 e. The van der Waals surface area contributed by atoms with Crippen molar-refractivity contribution in [3.8, 4) is 0 Å². The Labute approximate surface area is 125 Å². The van der Waals surface area contributed by atoms with Gasteiger partial charge in [0.1, 0.15) is 5.82 Å². The molecule has 0 bridgehead atoms. The predicted molar refractivity (Wildman–Crippen MR) is 79.2 cm³/mol. The van der Waals surface area contributed by atoms with Gasteiger partial charge in [0.05, 0.1) is 12.6 Å². The highest BCUT2D eigenvalue weighted by Gasteiger charge is 2.28. The van der Waals surface area contributed by atoms with Gasteiger partial charge in [-0.2, -0.15) is 0 Å². The number of aliphatic hydroxyl groups is 1. The van der Waals surface area contributed by atoms with Gasteiger partial charge in [0.2, 0.25) is 5.91 Å². The van der Waals surface area contributed by atoms with E-state index in [0.29, 0.717) is 24.6 Å². The van der Waals surface area contributed by atoms with Crippen LogP contribution in [0.4, 0.5) is 4.39 Å². The third-order valence-electron chi connectivity index (χ3n) is 3.92. The van der Waals surface area contributed by atoms with Crippen LogP contribution < -0.4 is 5.32 Å². The van der Waals surface area contributed by atoms with Crippen LogP contribution in [-0.2, 0) is 11.3 Å². The first-order chi connectivity index (χ1) is 9.94. The van der Waals surface area contributed by atoms with Gasteiger partial charge in [0, 0.05) is 13.1 Å². The standard InChI is InChI=1S/C16H23FN2O2/c1-11-3-4-12(7-15(11)17)8-18-16(21)10-19(2)9-13-5-14(20)6-13/h3-4,7,13-14,20H,5-6,8-10H2,1-2H3,(H,18,21). The van der Waals surface area contributed by atoms with Crippen molar-refractivity contribution in [1.29, 1.82) is 0 Å². The Balaban J connectivity index is 1.70. The molecule has 21 heavy (non-hydrogen) atoms. The van der Waals surface area contributed by atoms with E-state index in [9.17, 15) is 14.3 Å². The lowest BCUT2D eigenvalue weighted by atomic mass is 9.82. The van der Waals surface area contributed by atoms with Crippen molar-refractivity contribution in [1.82, 2.24) is 10.2 Å². The summed E-state index contributed by atoms with van der Waals surface area (Å²) in [5.74, 6) is 0.171. The lowest BCUT2D eigenvalue weighted by Gasteiger charge is -2.34. The second-order valence-corrected chi connectivity index (χ2v) is 6.05. The van der Waals surface area contributed by atoms with Crippen LogP contribution in [0.1, 0.15) is 24.0 Å². The molecule has 1 aromatic carbocycles. The molecule has 1 aromatic rings. The number of carbonyl (C=O) groups excluding carboxylic acids is 1. The van der Waals surface area contributed by atoms with Crippen molar-refractivity contribution in [2.24, 2.45) is 5.92 Å². The summed E-state index contributed by atoms with van der Waals surface area (Å²) in [5.41, 5.74) is 1.36. The van der Waals surface area contributed by atoms with Crippen LogP contribution in [0.15, 0.2) is 18.2 Å². The molecule has 0 atom stereocenters. The van der Waals surface area contributed by atoms with E-state index >= 15 is 0 Å². The second kappa shape index (κ2) is 7.00. The summed E-state index contributed by atoms with van der Waals surface area (Å²) >= 11 is 0. The van der Waals surface area contributed by atoms with Gasteiger partial charge >= 0.3 is 0 Å². The molecule has 116 valence electrons. The van der Waals surface area contributed by atoms with Crippen LogP contribution >= 0.6 is 0 Å². The van der Waals surface area contributed by atoms with E-state index in [-0.39, 0.29) is 17.8 Å². The van der Waals surface area contributed by atoms with Gasteiger partial charge < -0.3 is 10.4 Å². The molecule has 5 heteroatoms. The normalized spacial score (nSPS) is 21.2. The van der Waals surface area contributed by atoms with Crippen LogP contribution in [0.3, 0.4) is 0 Å². The quantitative estimate of drug-likeness (QED) is 0.835. The van der Waals surface area contributed by atoms with Crippen molar-refractivity contribution in [2.45, 2.75) is 32.4 Å². The molecular weight excluding hydrogens is 271 g/mol. The number of likely N-dealkylation sites (N-methyl/N-ethyl adjacent to an activating group) is 1. The number of amides is 1. The molecule has 0 radical (unpaired) electrons. The molecule has 1 fully saturated rings. The summed E-state index contributed by atoms with van der Waals surface area (Å²) in [4.78, 5) is 13.8.